The van der Waals surface area contributed by atoms with Crippen molar-refractivity contribution in [3.63, 3.8) is 0 Å². The Labute approximate surface area is 124 Å². The van der Waals surface area contributed by atoms with Crippen molar-refractivity contribution in [2.75, 3.05) is 18.0 Å². The minimum atomic E-state index is -0.485. The van der Waals surface area contributed by atoms with E-state index in [1.165, 1.54) is 0 Å². The molecular formula is C15H21BrN2O. The monoisotopic (exact) mass is 324 g/mol. The SMILES string of the molecule is CC(C)CN(CCC#N)c1ccc([C@@H](C)O)c(Br)c1. The summed E-state index contributed by atoms with van der Waals surface area (Å²) >= 11 is 3.50. The van der Waals surface area contributed by atoms with Gasteiger partial charge in [0.15, 0.2) is 0 Å². The Hall–Kier alpha value is -1.05. The van der Waals surface area contributed by atoms with Crippen molar-refractivity contribution in [1.29, 1.82) is 5.26 Å². The number of rotatable bonds is 6. The zero-order chi connectivity index (χ0) is 14.4. The van der Waals surface area contributed by atoms with Crippen molar-refractivity contribution < 1.29 is 5.11 Å². The lowest BCUT2D eigenvalue weighted by Gasteiger charge is -2.26. The topological polar surface area (TPSA) is 47.3 Å². The second-order valence-corrected chi connectivity index (χ2v) is 5.98. The highest BCUT2D eigenvalue weighted by Gasteiger charge is 2.12. The molecule has 0 aliphatic rings. The first kappa shape index (κ1) is 16.0. The Kier molecular flexibility index (Phi) is 6.33. The van der Waals surface area contributed by atoms with Crippen molar-refractivity contribution in [2.45, 2.75) is 33.3 Å². The first-order valence-electron chi connectivity index (χ1n) is 6.55. The van der Waals surface area contributed by atoms with E-state index in [1.807, 2.05) is 18.2 Å². The summed E-state index contributed by atoms with van der Waals surface area (Å²) < 4.78 is 0.908. The van der Waals surface area contributed by atoms with Gasteiger partial charge in [-0.2, -0.15) is 5.26 Å². The summed E-state index contributed by atoms with van der Waals surface area (Å²) in [6.07, 6.45) is 0.0313. The maximum absolute atomic E-state index is 9.63. The largest absolute Gasteiger partial charge is 0.389 e. The second kappa shape index (κ2) is 7.52. The molecule has 0 radical (unpaired) electrons. The Balaban J connectivity index is 2.96. The van der Waals surface area contributed by atoms with Crippen molar-refractivity contribution in [3.05, 3.63) is 28.2 Å². The average molecular weight is 325 g/mol. The van der Waals surface area contributed by atoms with Crippen molar-refractivity contribution in [3.8, 4) is 6.07 Å². The fourth-order valence-electron chi connectivity index (χ4n) is 2.00. The number of aliphatic hydroxyl groups is 1. The average Bonchev–Trinajstić information content (AvgIpc) is 2.33. The molecule has 0 aromatic heterocycles. The molecule has 104 valence electrons. The van der Waals surface area contributed by atoms with Gasteiger partial charge in [-0.1, -0.05) is 35.8 Å². The van der Waals surface area contributed by atoms with E-state index in [0.29, 0.717) is 12.3 Å². The number of nitrogens with zero attached hydrogens (tertiary/aromatic N) is 2. The maximum atomic E-state index is 9.63. The van der Waals surface area contributed by atoms with Gasteiger partial charge in [0.25, 0.3) is 0 Å². The van der Waals surface area contributed by atoms with Gasteiger partial charge in [0, 0.05) is 23.2 Å². The van der Waals surface area contributed by atoms with E-state index in [2.05, 4.69) is 40.7 Å². The maximum Gasteiger partial charge on any atom is 0.0772 e. The van der Waals surface area contributed by atoms with Crippen LogP contribution in [0.1, 0.15) is 38.9 Å². The summed E-state index contributed by atoms with van der Waals surface area (Å²) in [6.45, 7) is 7.73. The van der Waals surface area contributed by atoms with E-state index in [9.17, 15) is 5.11 Å². The first-order chi connectivity index (χ1) is 8.95. The van der Waals surface area contributed by atoms with Crippen LogP contribution in [0.5, 0.6) is 0 Å². The Bertz CT molecular complexity index is 452. The summed E-state index contributed by atoms with van der Waals surface area (Å²) in [5, 5.41) is 18.4. The lowest BCUT2D eigenvalue weighted by molar-refractivity contribution is 0.198. The molecule has 1 aromatic rings. The summed E-state index contributed by atoms with van der Waals surface area (Å²) in [6, 6.07) is 8.15. The molecule has 0 unspecified atom stereocenters. The van der Waals surface area contributed by atoms with Crippen LogP contribution in [0.3, 0.4) is 0 Å². The standard InChI is InChI=1S/C15H21BrN2O/c1-11(2)10-18(8-4-7-17)13-5-6-14(12(3)19)15(16)9-13/h5-6,9,11-12,19H,4,8,10H2,1-3H3/t12-/m1/s1. The van der Waals surface area contributed by atoms with E-state index in [0.717, 1.165) is 28.8 Å². The third-order valence-electron chi connectivity index (χ3n) is 2.88. The van der Waals surface area contributed by atoms with Crippen LogP contribution in [0.25, 0.3) is 0 Å². The van der Waals surface area contributed by atoms with Crippen LogP contribution in [0.2, 0.25) is 0 Å². The highest BCUT2D eigenvalue weighted by molar-refractivity contribution is 9.10. The van der Waals surface area contributed by atoms with Gasteiger partial charge < -0.3 is 10.0 Å². The molecule has 0 amide bonds. The lowest BCUT2D eigenvalue weighted by Crippen LogP contribution is -2.28. The van der Waals surface area contributed by atoms with E-state index >= 15 is 0 Å². The molecule has 3 nitrogen and oxygen atoms in total. The van der Waals surface area contributed by atoms with Gasteiger partial charge >= 0.3 is 0 Å². The number of nitriles is 1. The minimum absolute atomic E-state index is 0.485. The van der Waals surface area contributed by atoms with Gasteiger partial charge in [-0.25, -0.2) is 0 Å². The fraction of sp³-hybridized carbons (Fsp3) is 0.533. The molecule has 0 bridgehead atoms. The molecule has 1 N–H and O–H groups in total. The van der Waals surface area contributed by atoms with Gasteiger partial charge in [-0.15, -0.1) is 0 Å². The molecule has 0 spiro atoms. The fourth-order valence-corrected chi connectivity index (χ4v) is 2.70. The quantitative estimate of drug-likeness (QED) is 0.863. The van der Waals surface area contributed by atoms with E-state index < -0.39 is 6.10 Å². The van der Waals surface area contributed by atoms with Crippen LogP contribution >= 0.6 is 15.9 Å². The van der Waals surface area contributed by atoms with Crippen molar-refractivity contribution >= 4 is 21.6 Å². The molecular weight excluding hydrogens is 304 g/mol. The van der Waals surface area contributed by atoms with Crippen LogP contribution in [-0.2, 0) is 0 Å². The molecule has 19 heavy (non-hydrogen) atoms. The van der Waals surface area contributed by atoms with Gasteiger partial charge in [-0.05, 0) is 30.5 Å². The predicted octanol–water partition coefficient (Wildman–Crippen LogP) is 3.88. The molecule has 1 rings (SSSR count). The Morgan fingerprint density at radius 1 is 1.37 bits per heavy atom. The lowest BCUT2D eigenvalue weighted by atomic mass is 10.1. The summed E-state index contributed by atoms with van der Waals surface area (Å²) in [5.74, 6) is 0.536. The Morgan fingerprint density at radius 2 is 2.05 bits per heavy atom. The van der Waals surface area contributed by atoms with Crippen LogP contribution in [0.15, 0.2) is 22.7 Å². The normalized spacial score (nSPS) is 12.3. The van der Waals surface area contributed by atoms with Gasteiger partial charge in [0.05, 0.1) is 18.6 Å². The molecule has 1 aromatic carbocycles. The molecule has 4 heteroatoms. The van der Waals surface area contributed by atoms with Crippen molar-refractivity contribution in [1.82, 2.24) is 0 Å². The van der Waals surface area contributed by atoms with Crippen LogP contribution in [0, 0.1) is 17.2 Å². The van der Waals surface area contributed by atoms with Crippen molar-refractivity contribution in [2.24, 2.45) is 5.92 Å². The van der Waals surface area contributed by atoms with Crippen LogP contribution < -0.4 is 4.90 Å². The smallest absolute Gasteiger partial charge is 0.0772 e. The second-order valence-electron chi connectivity index (χ2n) is 5.13. The number of benzene rings is 1. The minimum Gasteiger partial charge on any atom is -0.389 e. The predicted molar refractivity (Wildman–Crippen MR) is 82.1 cm³/mol. The van der Waals surface area contributed by atoms with E-state index in [1.54, 1.807) is 6.92 Å². The number of hydrogen-bond donors (Lipinski definition) is 1. The number of anilines is 1. The van der Waals surface area contributed by atoms with Gasteiger partial charge in [-0.3, -0.25) is 0 Å². The third-order valence-corrected chi connectivity index (χ3v) is 3.57. The van der Waals surface area contributed by atoms with E-state index in [-0.39, 0.29) is 0 Å². The molecule has 0 saturated carbocycles. The highest BCUT2D eigenvalue weighted by Crippen LogP contribution is 2.28. The molecule has 0 fully saturated rings. The molecule has 0 aliphatic heterocycles. The van der Waals surface area contributed by atoms with Crippen LogP contribution in [-0.4, -0.2) is 18.2 Å². The van der Waals surface area contributed by atoms with E-state index in [4.69, 9.17) is 5.26 Å². The third kappa shape index (κ3) is 4.85. The molecule has 0 saturated heterocycles. The first-order valence-corrected chi connectivity index (χ1v) is 7.34. The zero-order valence-corrected chi connectivity index (χ0v) is 13.3. The molecule has 1 atom stereocenters. The number of aliphatic hydroxyl groups excluding tert-OH is 1. The van der Waals surface area contributed by atoms with Gasteiger partial charge in [0.2, 0.25) is 0 Å². The van der Waals surface area contributed by atoms with Gasteiger partial charge in [0.1, 0.15) is 0 Å². The summed E-state index contributed by atoms with van der Waals surface area (Å²) in [5.41, 5.74) is 1.97. The Morgan fingerprint density at radius 3 is 2.53 bits per heavy atom. The summed E-state index contributed by atoms with van der Waals surface area (Å²) in [7, 11) is 0. The van der Waals surface area contributed by atoms with Crippen LogP contribution in [0.4, 0.5) is 5.69 Å². The molecule has 0 heterocycles. The summed E-state index contributed by atoms with van der Waals surface area (Å²) in [4.78, 5) is 2.21. The number of halogens is 1. The molecule has 0 aliphatic carbocycles. The highest BCUT2D eigenvalue weighted by atomic mass is 79.9. The number of hydrogen-bond acceptors (Lipinski definition) is 3. The zero-order valence-electron chi connectivity index (χ0n) is 11.7.